The van der Waals surface area contributed by atoms with Crippen LogP contribution in [0.4, 0.5) is 5.13 Å². The number of carbonyl (C=O) groups is 1. The Morgan fingerprint density at radius 2 is 1.62 bits per heavy atom. The van der Waals surface area contributed by atoms with E-state index in [-0.39, 0.29) is 10.5 Å². The fraction of sp³-hybridized carbons (Fsp3) is 0.250. The Hall–Kier alpha value is -2.62. The molecule has 0 atom stereocenters. The van der Waals surface area contributed by atoms with Crippen LogP contribution in [0.3, 0.4) is 0 Å². The first-order valence-corrected chi connectivity index (χ1v) is 11.6. The second-order valence-electron chi connectivity index (χ2n) is 6.69. The second-order valence-corrected chi connectivity index (χ2v) is 9.58. The maximum atomic E-state index is 13.1. The zero-order valence-corrected chi connectivity index (χ0v) is 17.2. The van der Waals surface area contributed by atoms with E-state index in [9.17, 15) is 13.2 Å². The molecule has 0 spiro atoms. The Balaban J connectivity index is 1.58. The van der Waals surface area contributed by atoms with Crippen molar-refractivity contribution in [1.29, 1.82) is 0 Å². The number of nitrogens with one attached hydrogen (secondary N) is 1. The first-order valence-electron chi connectivity index (χ1n) is 9.35. The average molecular weight is 429 g/mol. The van der Waals surface area contributed by atoms with Crippen molar-refractivity contribution in [2.24, 2.45) is 0 Å². The molecule has 3 aromatic rings. The molecule has 2 heterocycles. The van der Waals surface area contributed by atoms with Gasteiger partial charge in [0.15, 0.2) is 0 Å². The highest BCUT2D eigenvalue weighted by Crippen LogP contribution is 2.28. The molecule has 0 saturated carbocycles. The Morgan fingerprint density at radius 3 is 2.38 bits per heavy atom. The lowest BCUT2D eigenvalue weighted by Gasteiger charge is -2.26. The van der Waals surface area contributed by atoms with Crippen LogP contribution in [0.15, 0.2) is 59.5 Å². The van der Waals surface area contributed by atoms with E-state index in [1.54, 1.807) is 12.1 Å². The van der Waals surface area contributed by atoms with Gasteiger partial charge in [-0.15, -0.1) is 10.2 Å². The number of piperidine rings is 1. The molecule has 1 aromatic heterocycles. The normalized spacial score (nSPS) is 15.2. The first-order chi connectivity index (χ1) is 14.1. The van der Waals surface area contributed by atoms with Gasteiger partial charge in [-0.05, 0) is 25.0 Å². The molecule has 0 radical (unpaired) electrons. The minimum atomic E-state index is -3.73. The Bertz CT molecular complexity index is 1110. The van der Waals surface area contributed by atoms with Gasteiger partial charge in [-0.25, -0.2) is 8.42 Å². The monoisotopic (exact) mass is 428 g/mol. The molecule has 150 valence electrons. The van der Waals surface area contributed by atoms with E-state index in [1.807, 2.05) is 30.3 Å². The lowest BCUT2D eigenvalue weighted by Crippen LogP contribution is -2.36. The molecule has 0 unspecified atom stereocenters. The number of aromatic nitrogens is 2. The highest BCUT2D eigenvalue weighted by molar-refractivity contribution is 7.89. The summed E-state index contributed by atoms with van der Waals surface area (Å²) >= 11 is 1.24. The van der Waals surface area contributed by atoms with Crippen LogP contribution in [0.2, 0.25) is 0 Å². The van der Waals surface area contributed by atoms with Crippen molar-refractivity contribution < 1.29 is 13.2 Å². The SMILES string of the molecule is O=C(Nc1nnc(-c2ccccc2)s1)c1ccccc1S(=O)(=O)N1CCCCC1. The Kier molecular flexibility index (Phi) is 5.70. The molecule has 1 aliphatic rings. The summed E-state index contributed by atoms with van der Waals surface area (Å²) in [5, 5.41) is 11.8. The maximum absolute atomic E-state index is 13.1. The molecular weight excluding hydrogens is 408 g/mol. The third-order valence-corrected chi connectivity index (χ3v) is 7.58. The van der Waals surface area contributed by atoms with Crippen LogP contribution >= 0.6 is 11.3 Å². The molecule has 1 fully saturated rings. The number of hydrogen-bond donors (Lipinski definition) is 1. The van der Waals surface area contributed by atoms with Gasteiger partial charge in [0, 0.05) is 18.7 Å². The highest BCUT2D eigenvalue weighted by Gasteiger charge is 2.30. The minimum absolute atomic E-state index is 0.0206. The van der Waals surface area contributed by atoms with Crippen molar-refractivity contribution in [2.75, 3.05) is 18.4 Å². The predicted molar refractivity (Wildman–Crippen MR) is 112 cm³/mol. The van der Waals surface area contributed by atoms with Gasteiger partial charge in [0.05, 0.1) is 10.5 Å². The molecule has 2 aromatic carbocycles. The van der Waals surface area contributed by atoms with Gasteiger partial charge in [0.1, 0.15) is 5.01 Å². The lowest BCUT2D eigenvalue weighted by molar-refractivity contribution is 0.102. The van der Waals surface area contributed by atoms with Crippen molar-refractivity contribution in [3.63, 3.8) is 0 Å². The van der Waals surface area contributed by atoms with Gasteiger partial charge in [0.2, 0.25) is 15.2 Å². The summed E-state index contributed by atoms with van der Waals surface area (Å²) in [7, 11) is -3.73. The fourth-order valence-corrected chi connectivity index (χ4v) is 5.71. The number of sulfonamides is 1. The van der Waals surface area contributed by atoms with Crippen LogP contribution in [0.1, 0.15) is 29.6 Å². The fourth-order valence-electron chi connectivity index (χ4n) is 3.26. The summed E-state index contributed by atoms with van der Waals surface area (Å²) in [6.45, 7) is 0.963. The molecule has 1 saturated heterocycles. The van der Waals surface area contributed by atoms with Gasteiger partial charge >= 0.3 is 0 Å². The van der Waals surface area contributed by atoms with E-state index < -0.39 is 15.9 Å². The molecule has 0 aliphatic carbocycles. The Labute approximate surface area is 173 Å². The van der Waals surface area contributed by atoms with Gasteiger partial charge in [0.25, 0.3) is 5.91 Å². The standard InChI is InChI=1S/C20H20N4O3S2/c25-18(21-20-23-22-19(28-20)15-9-3-1-4-10-15)16-11-5-6-12-17(16)29(26,27)24-13-7-2-8-14-24/h1,3-6,9-12H,2,7-8,13-14H2,(H,21,23,25). The van der Waals surface area contributed by atoms with E-state index in [0.29, 0.717) is 23.2 Å². The molecule has 1 N–H and O–H groups in total. The summed E-state index contributed by atoms with van der Waals surface area (Å²) in [5.41, 5.74) is 1.01. The maximum Gasteiger partial charge on any atom is 0.258 e. The Morgan fingerprint density at radius 1 is 0.931 bits per heavy atom. The lowest BCUT2D eigenvalue weighted by atomic mass is 10.2. The predicted octanol–water partition coefficient (Wildman–Crippen LogP) is 3.63. The van der Waals surface area contributed by atoms with Crippen LogP contribution in [0.25, 0.3) is 10.6 Å². The van der Waals surface area contributed by atoms with Crippen LogP contribution in [0.5, 0.6) is 0 Å². The summed E-state index contributed by atoms with van der Waals surface area (Å²) in [4.78, 5) is 12.9. The highest BCUT2D eigenvalue weighted by atomic mass is 32.2. The second kappa shape index (κ2) is 8.40. The summed E-state index contributed by atoms with van der Waals surface area (Å²) in [5.74, 6) is -0.517. The number of rotatable bonds is 5. The number of nitrogens with zero attached hydrogens (tertiary/aromatic N) is 3. The van der Waals surface area contributed by atoms with Crippen molar-refractivity contribution in [2.45, 2.75) is 24.2 Å². The van der Waals surface area contributed by atoms with Crippen LogP contribution in [-0.4, -0.2) is 41.9 Å². The largest absolute Gasteiger partial charge is 0.296 e. The minimum Gasteiger partial charge on any atom is -0.296 e. The molecule has 0 bridgehead atoms. The summed E-state index contributed by atoms with van der Waals surface area (Å²) in [6, 6.07) is 15.8. The topological polar surface area (TPSA) is 92.3 Å². The van der Waals surface area contributed by atoms with E-state index in [2.05, 4.69) is 15.5 Å². The zero-order valence-electron chi connectivity index (χ0n) is 15.6. The molecule has 7 nitrogen and oxygen atoms in total. The number of benzene rings is 2. The summed E-state index contributed by atoms with van der Waals surface area (Å²) < 4.78 is 27.6. The first kappa shape index (κ1) is 19.7. The molecule has 4 rings (SSSR count). The van der Waals surface area contributed by atoms with E-state index in [0.717, 1.165) is 24.8 Å². The molecule has 29 heavy (non-hydrogen) atoms. The van der Waals surface area contributed by atoms with Gasteiger partial charge in [-0.2, -0.15) is 4.31 Å². The van der Waals surface area contributed by atoms with Gasteiger partial charge in [-0.1, -0.05) is 60.2 Å². The third-order valence-electron chi connectivity index (χ3n) is 4.73. The van der Waals surface area contributed by atoms with Crippen molar-refractivity contribution in [3.05, 3.63) is 60.2 Å². The average Bonchev–Trinajstić information content (AvgIpc) is 3.23. The zero-order chi connectivity index (χ0) is 20.3. The molecule has 9 heteroatoms. The number of amides is 1. The number of hydrogen-bond acceptors (Lipinski definition) is 6. The van der Waals surface area contributed by atoms with Crippen molar-refractivity contribution in [3.8, 4) is 10.6 Å². The molecular formula is C20H20N4O3S2. The van der Waals surface area contributed by atoms with Crippen molar-refractivity contribution in [1.82, 2.24) is 14.5 Å². The number of carbonyl (C=O) groups excluding carboxylic acids is 1. The van der Waals surface area contributed by atoms with Crippen LogP contribution in [0, 0.1) is 0 Å². The smallest absolute Gasteiger partial charge is 0.258 e. The molecule has 1 aliphatic heterocycles. The van der Waals surface area contributed by atoms with E-state index in [4.69, 9.17) is 0 Å². The molecule has 1 amide bonds. The van der Waals surface area contributed by atoms with E-state index in [1.165, 1.54) is 27.8 Å². The van der Waals surface area contributed by atoms with Crippen LogP contribution in [-0.2, 0) is 10.0 Å². The summed E-state index contributed by atoms with van der Waals surface area (Å²) in [6.07, 6.45) is 2.69. The number of anilines is 1. The van der Waals surface area contributed by atoms with Crippen molar-refractivity contribution >= 4 is 32.4 Å². The van der Waals surface area contributed by atoms with E-state index >= 15 is 0 Å². The third kappa shape index (κ3) is 4.21. The van der Waals surface area contributed by atoms with Gasteiger partial charge in [-0.3, -0.25) is 10.1 Å². The quantitative estimate of drug-likeness (QED) is 0.670. The van der Waals surface area contributed by atoms with Crippen LogP contribution < -0.4 is 5.32 Å². The van der Waals surface area contributed by atoms with Gasteiger partial charge < -0.3 is 0 Å².